The molecule has 0 saturated carbocycles. The summed E-state index contributed by atoms with van der Waals surface area (Å²) in [6, 6.07) is 8.61. The van der Waals surface area contributed by atoms with Crippen LogP contribution in [0.1, 0.15) is 29.3 Å². The van der Waals surface area contributed by atoms with Crippen LogP contribution >= 0.6 is 0 Å². The number of nitrogens with zero attached hydrogens (tertiary/aromatic N) is 2. The van der Waals surface area contributed by atoms with Gasteiger partial charge >= 0.3 is 0 Å². The molecule has 0 bridgehead atoms. The Morgan fingerprint density at radius 2 is 1.93 bits per heavy atom. The number of hydrogen-bond donors (Lipinski definition) is 2. The molecule has 28 heavy (non-hydrogen) atoms. The third-order valence-corrected chi connectivity index (χ3v) is 6.83. The van der Waals surface area contributed by atoms with E-state index in [1.54, 1.807) is 0 Å². The van der Waals surface area contributed by atoms with Crippen LogP contribution in [0, 0.1) is 0 Å². The smallest absolute Gasteiger partial charge is 0.270 e. The van der Waals surface area contributed by atoms with Gasteiger partial charge in [0.15, 0.2) is 11.0 Å². The van der Waals surface area contributed by atoms with Gasteiger partial charge in [-0.15, -0.1) is 0 Å². The molecule has 7 nitrogen and oxygen atoms in total. The molecule has 1 fully saturated rings. The van der Waals surface area contributed by atoms with Crippen molar-refractivity contribution in [1.29, 1.82) is 0 Å². The van der Waals surface area contributed by atoms with Crippen molar-refractivity contribution < 1.29 is 9.00 Å². The first-order valence-corrected chi connectivity index (χ1v) is 10.6. The fourth-order valence-electron chi connectivity index (χ4n) is 4.04. The minimum absolute atomic E-state index is 0.0256. The summed E-state index contributed by atoms with van der Waals surface area (Å²) in [6.45, 7) is 3.94. The summed E-state index contributed by atoms with van der Waals surface area (Å²) < 4.78 is 14.7. The molecule has 1 amide bonds. The van der Waals surface area contributed by atoms with Crippen LogP contribution < -0.4 is 15.2 Å². The van der Waals surface area contributed by atoms with E-state index < -0.39 is 22.5 Å². The molecule has 0 aliphatic carbocycles. The van der Waals surface area contributed by atoms with Crippen molar-refractivity contribution in [2.45, 2.75) is 30.7 Å². The van der Waals surface area contributed by atoms with Crippen molar-refractivity contribution in [3.63, 3.8) is 0 Å². The lowest BCUT2D eigenvalue weighted by Gasteiger charge is -2.22. The molecular weight excluding hydrogens is 376 g/mol. The summed E-state index contributed by atoms with van der Waals surface area (Å²) in [5.74, 6) is -0.573. The molecule has 4 rings (SSSR count). The fraction of sp³-hybridized carbons (Fsp3) is 0.400. The average Bonchev–Trinajstić information content (AvgIpc) is 3.28. The van der Waals surface area contributed by atoms with Crippen molar-refractivity contribution in [3.05, 3.63) is 45.7 Å². The van der Waals surface area contributed by atoms with Gasteiger partial charge in [-0.25, -0.2) is 4.21 Å². The third-order valence-electron chi connectivity index (χ3n) is 5.63. The van der Waals surface area contributed by atoms with Gasteiger partial charge in [-0.3, -0.25) is 14.3 Å². The number of amides is 1. The number of hydrogen-bond acceptors (Lipinski definition) is 5. The molecule has 8 heteroatoms. The minimum atomic E-state index is -1.68. The van der Waals surface area contributed by atoms with Gasteiger partial charge in [0.05, 0.1) is 10.6 Å². The number of benzene rings is 1. The molecule has 0 radical (unpaired) electrons. The van der Waals surface area contributed by atoms with Gasteiger partial charge in [-0.1, -0.05) is 19.1 Å². The van der Waals surface area contributed by atoms with Crippen molar-refractivity contribution in [2.75, 3.05) is 32.1 Å². The van der Waals surface area contributed by atoms with Crippen LogP contribution in [0.4, 0.5) is 5.69 Å². The summed E-state index contributed by atoms with van der Waals surface area (Å²) in [5, 5.41) is 0. The maximum atomic E-state index is 12.4. The largest absolute Gasteiger partial charge is 0.370 e. The highest BCUT2D eigenvalue weighted by molar-refractivity contribution is 7.84. The Morgan fingerprint density at radius 1 is 1.21 bits per heavy atom. The Bertz CT molecular complexity index is 1010. The molecule has 2 N–H and O–H groups in total. The lowest BCUT2D eigenvalue weighted by molar-refractivity contribution is 0.0984. The summed E-state index contributed by atoms with van der Waals surface area (Å²) in [6.07, 6.45) is 1.70. The van der Waals surface area contributed by atoms with Crippen LogP contribution in [0.15, 0.2) is 34.0 Å². The standard InChI is InChI=1S/C20H24N4O3S/c1-4-15-17(21-19(25)16-18(15)28(27)22-20(16)26)12-5-7-13(8-6-12)24-10-9-14(11-24)23(2)3/h5-8,14H,4,9-11H2,1-3H3,(H,21,25)(H,22,26). The zero-order valence-corrected chi connectivity index (χ0v) is 17.1. The Balaban J connectivity index is 1.70. The second-order valence-electron chi connectivity index (χ2n) is 7.46. The maximum Gasteiger partial charge on any atom is 0.270 e. The highest BCUT2D eigenvalue weighted by Crippen LogP contribution is 2.31. The highest BCUT2D eigenvalue weighted by atomic mass is 32.2. The normalized spacial score (nSPS) is 21.3. The van der Waals surface area contributed by atoms with Crippen LogP contribution in [0.3, 0.4) is 0 Å². The average molecular weight is 401 g/mol. The quantitative estimate of drug-likeness (QED) is 0.813. The van der Waals surface area contributed by atoms with Crippen LogP contribution in [0.25, 0.3) is 11.3 Å². The van der Waals surface area contributed by atoms with Gasteiger partial charge in [-0.05, 0) is 50.2 Å². The molecule has 1 saturated heterocycles. The number of aromatic amines is 1. The van der Waals surface area contributed by atoms with Crippen LogP contribution in [0.2, 0.25) is 0 Å². The Morgan fingerprint density at radius 3 is 2.54 bits per heavy atom. The van der Waals surface area contributed by atoms with E-state index in [-0.39, 0.29) is 5.56 Å². The topological polar surface area (TPSA) is 85.5 Å². The van der Waals surface area contributed by atoms with E-state index in [1.165, 1.54) is 0 Å². The maximum absolute atomic E-state index is 12.4. The zero-order valence-electron chi connectivity index (χ0n) is 16.2. The Kier molecular flexibility index (Phi) is 4.84. The first-order chi connectivity index (χ1) is 13.4. The Labute approximate surface area is 166 Å². The van der Waals surface area contributed by atoms with Crippen LogP contribution in [0.5, 0.6) is 0 Å². The van der Waals surface area contributed by atoms with Crippen molar-refractivity contribution >= 4 is 22.6 Å². The van der Waals surface area contributed by atoms with Gasteiger partial charge in [0, 0.05) is 24.8 Å². The summed E-state index contributed by atoms with van der Waals surface area (Å²) in [5.41, 5.74) is 2.85. The summed E-state index contributed by atoms with van der Waals surface area (Å²) >= 11 is 0. The number of nitrogens with one attached hydrogen (secondary N) is 2. The molecule has 1 aromatic carbocycles. The number of aromatic nitrogens is 1. The van der Waals surface area contributed by atoms with E-state index in [0.717, 1.165) is 36.3 Å². The molecule has 2 unspecified atom stereocenters. The molecule has 2 aliphatic heterocycles. The number of H-pyrrole nitrogens is 1. The van der Waals surface area contributed by atoms with E-state index in [4.69, 9.17) is 0 Å². The predicted octanol–water partition coefficient (Wildman–Crippen LogP) is 1.51. The molecular formula is C20H24N4O3S. The number of likely N-dealkylation sites (N-methyl/N-ethyl adjacent to an activating group) is 1. The molecule has 3 heterocycles. The van der Waals surface area contributed by atoms with E-state index >= 15 is 0 Å². The number of pyridine rings is 1. The molecule has 2 atom stereocenters. The Hall–Kier alpha value is -2.45. The van der Waals surface area contributed by atoms with Crippen molar-refractivity contribution in [2.24, 2.45) is 0 Å². The van der Waals surface area contributed by atoms with Crippen LogP contribution in [-0.2, 0) is 17.4 Å². The van der Waals surface area contributed by atoms with E-state index in [2.05, 4.69) is 45.7 Å². The van der Waals surface area contributed by atoms with E-state index in [0.29, 0.717) is 23.1 Å². The lowest BCUT2D eigenvalue weighted by atomic mass is 10.0. The van der Waals surface area contributed by atoms with E-state index in [1.807, 2.05) is 19.1 Å². The number of anilines is 1. The molecule has 2 aliphatic rings. The molecule has 1 aromatic heterocycles. The number of fused-ring (bicyclic) bond motifs is 1. The minimum Gasteiger partial charge on any atom is -0.370 e. The van der Waals surface area contributed by atoms with Gasteiger partial charge in [0.2, 0.25) is 0 Å². The van der Waals surface area contributed by atoms with Gasteiger partial charge < -0.3 is 14.8 Å². The lowest BCUT2D eigenvalue weighted by Crippen LogP contribution is -2.31. The van der Waals surface area contributed by atoms with Crippen molar-refractivity contribution in [1.82, 2.24) is 14.6 Å². The monoisotopic (exact) mass is 400 g/mol. The summed E-state index contributed by atoms with van der Waals surface area (Å²) in [4.78, 5) is 32.2. The SMILES string of the molecule is CCc1c(-c2ccc(N3CCC(N(C)C)C3)cc2)[nH]c(=O)c2c1S(=O)NC2=O. The fourth-order valence-corrected chi connectivity index (χ4v) is 5.25. The zero-order chi connectivity index (χ0) is 20.0. The first kappa shape index (κ1) is 18.9. The molecule has 0 spiro atoms. The molecule has 148 valence electrons. The highest BCUT2D eigenvalue weighted by Gasteiger charge is 2.33. The van der Waals surface area contributed by atoms with Gasteiger partial charge in [0.25, 0.3) is 11.5 Å². The first-order valence-electron chi connectivity index (χ1n) is 9.44. The molecule has 2 aromatic rings. The summed E-state index contributed by atoms with van der Waals surface area (Å²) in [7, 11) is 2.54. The van der Waals surface area contributed by atoms with Gasteiger partial charge in [-0.2, -0.15) is 0 Å². The number of rotatable bonds is 4. The predicted molar refractivity (Wildman–Crippen MR) is 110 cm³/mol. The second kappa shape index (κ2) is 7.18. The van der Waals surface area contributed by atoms with E-state index in [9.17, 15) is 13.8 Å². The van der Waals surface area contributed by atoms with Gasteiger partial charge in [0.1, 0.15) is 5.56 Å². The van der Waals surface area contributed by atoms with Crippen molar-refractivity contribution in [3.8, 4) is 11.3 Å². The second-order valence-corrected chi connectivity index (χ2v) is 8.61. The van der Waals surface area contributed by atoms with Crippen LogP contribution in [-0.4, -0.2) is 53.2 Å². The number of carbonyl (C=O) groups is 1. The number of carbonyl (C=O) groups excluding carboxylic acids is 1. The third kappa shape index (κ3) is 3.06.